The van der Waals surface area contributed by atoms with Gasteiger partial charge in [-0.2, -0.15) is 0 Å². The molecule has 1 heterocycles. The van der Waals surface area contributed by atoms with Crippen LogP contribution in [0.5, 0.6) is 0 Å². The maximum atomic E-state index is 11.5. The average Bonchev–Trinajstić information content (AvgIpc) is 3.22. The van der Waals surface area contributed by atoms with Crippen LogP contribution in [0.2, 0.25) is 0 Å². The zero-order valence-electron chi connectivity index (χ0n) is 14.8. The molecule has 4 nitrogen and oxygen atoms in total. The second kappa shape index (κ2) is 7.17. The monoisotopic (exact) mass is 356 g/mol. The molecule has 0 amide bonds. The lowest BCUT2D eigenvalue weighted by atomic mass is 9.75. The van der Waals surface area contributed by atoms with Crippen molar-refractivity contribution < 1.29 is 9.90 Å². The summed E-state index contributed by atoms with van der Waals surface area (Å²) in [6, 6.07) is 30.7. The van der Waals surface area contributed by atoms with Crippen molar-refractivity contribution in [2.24, 2.45) is 4.99 Å². The van der Waals surface area contributed by atoms with E-state index in [1.165, 1.54) is 0 Å². The van der Waals surface area contributed by atoms with Gasteiger partial charge in [-0.15, -0.1) is 0 Å². The predicted octanol–water partition coefficient (Wildman–Crippen LogP) is 3.78. The van der Waals surface area contributed by atoms with Crippen LogP contribution in [0.1, 0.15) is 16.7 Å². The van der Waals surface area contributed by atoms with E-state index in [0.717, 1.165) is 16.7 Å². The number of aliphatic imine (C=N–C) groups is 1. The molecule has 0 spiro atoms. The van der Waals surface area contributed by atoms with Gasteiger partial charge in [0.15, 0.2) is 0 Å². The predicted molar refractivity (Wildman–Crippen MR) is 106 cm³/mol. The van der Waals surface area contributed by atoms with Crippen molar-refractivity contribution in [3.8, 4) is 0 Å². The largest absolute Gasteiger partial charge is 0.477 e. The summed E-state index contributed by atoms with van der Waals surface area (Å²) in [7, 11) is 0. The fraction of sp³-hybridized carbons (Fsp3) is 0.130. The number of aliphatic carboxylic acids is 1. The molecule has 27 heavy (non-hydrogen) atoms. The Balaban J connectivity index is 1.98. The van der Waals surface area contributed by atoms with Gasteiger partial charge < -0.3 is 5.11 Å². The van der Waals surface area contributed by atoms with Crippen LogP contribution in [-0.4, -0.2) is 34.9 Å². The van der Waals surface area contributed by atoms with E-state index in [-0.39, 0.29) is 12.3 Å². The highest BCUT2D eigenvalue weighted by atomic mass is 16.4. The van der Waals surface area contributed by atoms with Crippen molar-refractivity contribution in [1.29, 1.82) is 0 Å². The van der Waals surface area contributed by atoms with Gasteiger partial charge in [-0.1, -0.05) is 91.0 Å². The number of hydrogen-bond acceptors (Lipinski definition) is 3. The number of carboxylic acids is 1. The van der Waals surface area contributed by atoms with E-state index in [1.807, 2.05) is 54.6 Å². The number of rotatable bonds is 5. The SMILES string of the molecule is O=C(O)C1=NCN(C(c2ccccc2)(c2ccccc2)c2ccccc2)C1. The second-order valence-electron chi connectivity index (χ2n) is 6.56. The molecule has 1 aliphatic rings. The van der Waals surface area contributed by atoms with Crippen LogP contribution >= 0.6 is 0 Å². The molecule has 3 aromatic rings. The van der Waals surface area contributed by atoms with E-state index in [2.05, 4.69) is 46.3 Å². The van der Waals surface area contributed by atoms with Crippen molar-refractivity contribution in [3.05, 3.63) is 108 Å². The first-order chi connectivity index (χ1) is 13.2. The third-order valence-electron chi connectivity index (χ3n) is 5.07. The Morgan fingerprint density at radius 2 is 1.19 bits per heavy atom. The highest BCUT2D eigenvalue weighted by Gasteiger charge is 2.44. The Morgan fingerprint density at radius 3 is 1.52 bits per heavy atom. The van der Waals surface area contributed by atoms with Crippen molar-refractivity contribution in [2.45, 2.75) is 5.54 Å². The van der Waals surface area contributed by atoms with Gasteiger partial charge in [0.1, 0.15) is 5.71 Å². The van der Waals surface area contributed by atoms with Crippen LogP contribution in [0, 0.1) is 0 Å². The summed E-state index contributed by atoms with van der Waals surface area (Å²) < 4.78 is 0. The first-order valence-electron chi connectivity index (χ1n) is 8.91. The van der Waals surface area contributed by atoms with Crippen LogP contribution in [0.4, 0.5) is 0 Å². The smallest absolute Gasteiger partial charge is 0.351 e. The number of carboxylic acid groups (broad SMARTS) is 1. The molecule has 0 fully saturated rings. The van der Waals surface area contributed by atoms with Crippen molar-refractivity contribution in [1.82, 2.24) is 4.90 Å². The summed E-state index contributed by atoms with van der Waals surface area (Å²) in [5.41, 5.74) is 2.84. The first kappa shape index (κ1) is 17.2. The van der Waals surface area contributed by atoms with Crippen LogP contribution < -0.4 is 0 Å². The molecule has 0 saturated carbocycles. The second-order valence-corrected chi connectivity index (χ2v) is 6.56. The summed E-state index contributed by atoms with van der Waals surface area (Å²) in [5.74, 6) is -0.958. The highest BCUT2D eigenvalue weighted by Crippen LogP contribution is 2.43. The molecule has 0 aromatic heterocycles. The molecule has 0 aliphatic carbocycles. The number of hydrogen-bond donors (Lipinski definition) is 1. The number of carbonyl (C=O) groups is 1. The molecule has 0 radical (unpaired) electrons. The Labute approximate surface area is 158 Å². The van der Waals surface area contributed by atoms with E-state index >= 15 is 0 Å². The zero-order valence-corrected chi connectivity index (χ0v) is 14.8. The minimum absolute atomic E-state index is 0.196. The number of benzene rings is 3. The minimum Gasteiger partial charge on any atom is -0.477 e. The van der Waals surface area contributed by atoms with Gasteiger partial charge in [-0.3, -0.25) is 9.89 Å². The maximum absolute atomic E-state index is 11.5. The summed E-state index contributed by atoms with van der Waals surface area (Å²) in [5, 5.41) is 9.45. The first-order valence-corrected chi connectivity index (χ1v) is 8.91. The zero-order chi connectivity index (χ0) is 18.7. The third kappa shape index (κ3) is 2.94. The molecule has 0 unspecified atom stereocenters. The molecule has 4 rings (SSSR count). The maximum Gasteiger partial charge on any atom is 0.351 e. The minimum atomic E-state index is -0.958. The summed E-state index contributed by atoms with van der Waals surface area (Å²) >= 11 is 0. The van der Waals surface area contributed by atoms with Gasteiger partial charge in [-0.05, 0) is 16.7 Å². The van der Waals surface area contributed by atoms with E-state index in [1.54, 1.807) is 0 Å². The Kier molecular flexibility index (Phi) is 4.57. The van der Waals surface area contributed by atoms with Gasteiger partial charge in [0.25, 0.3) is 0 Å². The Hall–Kier alpha value is -3.24. The lowest BCUT2D eigenvalue weighted by Crippen LogP contribution is -2.48. The average molecular weight is 356 g/mol. The third-order valence-corrected chi connectivity index (χ3v) is 5.07. The van der Waals surface area contributed by atoms with E-state index in [0.29, 0.717) is 6.67 Å². The topological polar surface area (TPSA) is 52.9 Å². The molecular formula is C23H20N2O2. The normalized spacial score (nSPS) is 14.7. The number of nitrogens with zero attached hydrogens (tertiary/aromatic N) is 2. The molecule has 3 aromatic carbocycles. The van der Waals surface area contributed by atoms with Crippen molar-refractivity contribution in [3.63, 3.8) is 0 Å². The Bertz CT molecular complexity index is 857. The molecule has 4 heteroatoms. The summed E-state index contributed by atoms with van der Waals surface area (Å²) in [6.45, 7) is 0.619. The Morgan fingerprint density at radius 1 is 0.778 bits per heavy atom. The fourth-order valence-electron chi connectivity index (χ4n) is 3.90. The van der Waals surface area contributed by atoms with Gasteiger partial charge in [0.05, 0.1) is 18.8 Å². The molecule has 134 valence electrons. The molecule has 1 aliphatic heterocycles. The van der Waals surface area contributed by atoms with Crippen LogP contribution in [0.15, 0.2) is 96.0 Å². The van der Waals surface area contributed by atoms with Gasteiger partial charge in [0.2, 0.25) is 0 Å². The lowest BCUT2D eigenvalue weighted by molar-refractivity contribution is -0.129. The quantitative estimate of drug-likeness (QED) is 0.708. The molecule has 0 atom stereocenters. The van der Waals surface area contributed by atoms with Crippen molar-refractivity contribution >= 4 is 11.7 Å². The molecule has 0 bridgehead atoms. The highest BCUT2D eigenvalue weighted by molar-refractivity contribution is 6.36. The summed E-state index contributed by atoms with van der Waals surface area (Å²) in [6.07, 6.45) is 0. The van der Waals surface area contributed by atoms with Gasteiger partial charge in [-0.25, -0.2) is 4.79 Å². The van der Waals surface area contributed by atoms with Crippen LogP contribution in [0.25, 0.3) is 0 Å². The fourth-order valence-corrected chi connectivity index (χ4v) is 3.90. The lowest BCUT2D eigenvalue weighted by Gasteiger charge is -2.43. The molecule has 1 N–H and O–H groups in total. The van der Waals surface area contributed by atoms with Gasteiger partial charge >= 0.3 is 5.97 Å². The molecular weight excluding hydrogens is 336 g/mol. The van der Waals surface area contributed by atoms with E-state index in [4.69, 9.17) is 0 Å². The van der Waals surface area contributed by atoms with E-state index in [9.17, 15) is 9.90 Å². The van der Waals surface area contributed by atoms with Crippen LogP contribution in [0.3, 0.4) is 0 Å². The molecule has 0 saturated heterocycles. The standard InChI is InChI=1S/C23H20N2O2/c26-22(27)21-16-25(17-24-21)23(18-10-4-1-5-11-18,19-12-6-2-7-13-19)20-14-8-3-9-15-20/h1-15H,16-17H2,(H,26,27). The van der Waals surface area contributed by atoms with Crippen LogP contribution in [-0.2, 0) is 10.3 Å². The van der Waals surface area contributed by atoms with E-state index < -0.39 is 11.5 Å². The van der Waals surface area contributed by atoms with Gasteiger partial charge in [0, 0.05) is 0 Å². The summed E-state index contributed by atoms with van der Waals surface area (Å²) in [4.78, 5) is 18.0. The van der Waals surface area contributed by atoms with Crippen molar-refractivity contribution in [2.75, 3.05) is 13.2 Å².